The molecule has 0 aliphatic carbocycles. The molecule has 2 rings (SSSR count). The summed E-state index contributed by atoms with van der Waals surface area (Å²) >= 11 is 0. The van der Waals surface area contributed by atoms with Crippen LogP contribution in [0.5, 0.6) is 5.75 Å². The van der Waals surface area contributed by atoms with Crippen LogP contribution in [0, 0.1) is 6.92 Å². The number of rotatable bonds is 3. The van der Waals surface area contributed by atoms with Gasteiger partial charge in [0.05, 0.1) is 11.9 Å². The van der Waals surface area contributed by atoms with Gasteiger partial charge in [0.25, 0.3) is 10.0 Å². The Kier molecular flexibility index (Phi) is 2.76. The predicted octanol–water partition coefficient (Wildman–Crippen LogP) is 1.22. The van der Waals surface area contributed by atoms with E-state index in [9.17, 15) is 13.5 Å². The number of benzene rings is 1. The summed E-state index contributed by atoms with van der Waals surface area (Å²) in [6.07, 6.45) is 1.22. The van der Waals surface area contributed by atoms with Crippen LogP contribution in [0.15, 0.2) is 35.5 Å². The summed E-state index contributed by atoms with van der Waals surface area (Å²) in [6.45, 7) is 1.65. The van der Waals surface area contributed by atoms with Crippen molar-refractivity contribution >= 4 is 15.7 Å². The number of phenols is 1. The maximum absolute atomic E-state index is 11.9. The standard InChI is InChI=1S/C10H11N3O3S/c1-7-11-6-10(12-7)17(15,16)13-8-4-2-3-5-9(8)14/h2-6,13-14H,1H3,(H,11,12). The number of hydrogen-bond acceptors (Lipinski definition) is 4. The Morgan fingerprint density at radius 1 is 1.35 bits per heavy atom. The molecule has 1 aromatic heterocycles. The first-order chi connectivity index (χ1) is 7.99. The first-order valence-corrected chi connectivity index (χ1v) is 6.30. The molecule has 2 aromatic rings. The smallest absolute Gasteiger partial charge is 0.279 e. The molecule has 0 saturated carbocycles. The summed E-state index contributed by atoms with van der Waals surface area (Å²) in [4.78, 5) is 6.42. The minimum absolute atomic E-state index is 0.0433. The van der Waals surface area contributed by atoms with E-state index >= 15 is 0 Å². The lowest BCUT2D eigenvalue weighted by Crippen LogP contribution is -2.13. The molecule has 0 unspecified atom stereocenters. The number of para-hydroxylation sites is 2. The van der Waals surface area contributed by atoms with Gasteiger partial charge in [0.15, 0.2) is 5.03 Å². The van der Waals surface area contributed by atoms with E-state index in [2.05, 4.69) is 14.7 Å². The molecular weight excluding hydrogens is 242 g/mol. The molecule has 0 spiro atoms. The average Bonchev–Trinajstić information content (AvgIpc) is 2.69. The molecule has 3 N–H and O–H groups in total. The Morgan fingerprint density at radius 3 is 2.65 bits per heavy atom. The number of aromatic hydroxyl groups is 1. The molecule has 17 heavy (non-hydrogen) atoms. The van der Waals surface area contributed by atoms with E-state index in [4.69, 9.17) is 0 Å². The molecule has 0 aliphatic heterocycles. The molecule has 0 aliphatic rings. The molecule has 7 heteroatoms. The Bertz CT molecular complexity index is 634. The highest BCUT2D eigenvalue weighted by Crippen LogP contribution is 2.24. The van der Waals surface area contributed by atoms with Gasteiger partial charge in [-0.25, -0.2) is 4.98 Å². The van der Waals surface area contributed by atoms with Crippen LogP contribution in [-0.2, 0) is 10.0 Å². The van der Waals surface area contributed by atoms with Gasteiger partial charge in [-0.3, -0.25) is 4.72 Å². The fraction of sp³-hybridized carbons (Fsp3) is 0.100. The summed E-state index contributed by atoms with van der Waals surface area (Å²) in [7, 11) is -3.74. The average molecular weight is 253 g/mol. The summed E-state index contributed by atoms with van der Waals surface area (Å²) < 4.78 is 26.0. The van der Waals surface area contributed by atoms with E-state index < -0.39 is 10.0 Å². The minimum atomic E-state index is -3.74. The lowest BCUT2D eigenvalue weighted by atomic mass is 10.3. The summed E-state index contributed by atoms with van der Waals surface area (Å²) in [6, 6.07) is 6.09. The molecule has 1 aromatic carbocycles. The van der Waals surface area contributed by atoms with Crippen LogP contribution in [0.4, 0.5) is 5.69 Å². The van der Waals surface area contributed by atoms with Crippen LogP contribution in [0.1, 0.15) is 5.82 Å². The number of imidazole rings is 1. The third-order valence-electron chi connectivity index (χ3n) is 2.12. The first-order valence-electron chi connectivity index (χ1n) is 4.81. The number of nitrogens with zero attached hydrogens (tertiary/aromatic N) is 1. The lowest BCUT2D eigenvalue weighted by molar-refractivity contribution is 0.477. The summed E-state index contributed by atoms with van der Waals surface area (Å²) in [5, 5.41) is 9.43. The van der Waals surface area contributed by atoms with Gasteiger partial charge in [-0.1, -0.05) is 12.1 Å². The van der Waals surface area contributed by atoms with Crippen molar-refractivity contribution in [2.75, 3.05) is 4.72 Å². The van der Waals surface area contributed by atoms with Gasteiger partial charge in [-0.2, -0.15) is 8.42 Å². The number of nitrogens with one attached hydrogen (secondary N) is 2. The van der Waals surface area contributed by atoms with Gasteiger partial charge in [0.1, 0.15) is 11.6 Å². The van der Waals surface area contributed by atoms with Crippen molar-refractivity contribution in [1.29, 1.82) is 0 Å². The van der Waals surface area contributed by atoms with Gasteiger partial charge in [0.2, 0.25) is 0 Å². The van der Waals surface area contributed by atoms with E-state index in [1.807, 2.05) is 0 Å². The minimum Gasteiger partial charge on any atom is -0.506 e. The monoisotopic (exact) mass is 253 g/mol. The second-order valence-electron chi connectivity index (χ2n) is 3.46. The zero-order valence-corrected chi connectivity index (χ0v) is 9.82. The number of aromatic amines is 1. The number of H-pyrrole nitrogens is 1. The number of aromatic nitrogens is 2. The number of phenolic OH excluding ortho intramolecular Hbond substituents is 1. The molecule has 1 heterocycles. The molecule has 0 amide bonds. The Labute approximate surface area is 98.4 Å². The summed E-state index contributed by atoms with van der Waals surface area (Å²) in [5.74, 6) is 0.370. The third-order valence-corrected chi connectivity index (χ3v) is 3.39. The van der Waals surface area contributed by atoms with Gasteiger partial charge in [0, 0.05) is 0 Å². The quantitative estimate of drug-likeness (QED) is 0.717. The maximum atomic E-state index is 11.9. The van der Waals surface area contributed by atoms with E-state index in [1.54, 1.807) is 19.1 Å². The first kappa shape index (κ1) is 11.5. The Morgan fingerprint density at radius 2 is 2.06 bits per heavy atom. The van der Waals surface area contributed by atoms with Crippen molar-refractivity contribution in [3.8, 4) is 5.75 Å². The second-order valence-corrected chi connectivity index (χ2v) is 5.11. The molecule has 0 bridgehead atoms. The van der Waals surface area contributed by atoms with Crippen LogP contribution >= 0.6 is 0 Å². The normalized spacial score (nSPS) is 11.4. The highest BCUT2D eigenvalue weighted by molar-refractivity contribution is 7.92. The van der Waals surface area contributed by atoms with E-state index in [0.29, 0.717) is 5.82 Å². The van der Waals surface area contributed by atoms with Crippen molar-refractivity contribution in [2.45, 2.75) is 11.9 Å². The Hall–Kier alpha value is -2.02. The molecular formula is C10H11N3O3S. The predicted molar refractivity (Wildman–Crippen MR) is 62.2 cm³/mol. The number of aryl methyl sites for hydroxylation is 1. The van der Waals surface area contributed by atoms with Crippen molar-refractivity contribution < 1.29 is 13.5 Å². The van der Waals surface area contributed by atoms with E-state index in [0.717, 1.165) is 0 Å². The topological polar surface area (TPSA) is 95.1 Å². The molecule has 0 radical (unpaired) electrons. The van der Waals surface area contributed by atoms with Crippen molar-refractivity contribution in [2.24, 2.45) is 0 Å². The molecule has 0 saturated heterocycles. The molecule has 90 valence electrons. The third kappa shape index (κ3) is 2.39. The molecule has 0 fully saturated rings. The van der Waals surface area contributed by atoms with E-state index in [-0.39, 0.29) is 16.5 Å². The number of anilines is 1. The second kappa shape index (κ2) is 4.10. The summed E-state index contributed by atoms with van der Waals surface area (Å²) in [5.41, 5.74) is 0.125. The highest BCUT2D eigenvalue weighted by Gasteiger charge is 2.17. The Balaban J connectivity index is 2.33. The van der Waals surface area contributed by atoms with Gasteiger partial charge < -0.3 is 10.1 Å². The van der Waals surface area contributed by atoms with Crippen LogP contribution < -0.4 is 4.72 Å². The van der Waals surface area contributed by atoms with Gasteiger partial charge in [-0.15, -0.1) is 0 Å². The molecule has 6 nitrogen and oxygen atoms in total. The SMILES string of the molecule is Cc1ncc(S(=O)(=O)Nc2ccccc2O)[nH]1. The van der Waals surface area contributed by atoms with Crippen molar-refractivity contribution in [1.82, 2.24) is 9.97 Å². The lowest BCUT2D eigenvalue weighted by Gasteiger charge is -2.07. The molecule has 0 atom stereocenters. The maximum Gasteiger partial charge on any atom is 0.279 e. The van der Waals surface area contributed by atoms with Gasteiger partial charge in [-0.05, 0) is 19.1 Å². The zero-order valence-electron chi connectivity index (χ0n) is 9.01. The fourth-order valence-corrected chi connectivity index (χ4v) is 2.34. The fourth-order valence-electron chi connectivity index (χ4n) is 1.29. The van der Waals surface area contributed by atoms with Gasteiger partial charge >= 0.3 is 0 Å². The van der Waals surface area contributed by atoms with Crippen LogP contribution in [0.25, 0.3) is 0 Å². The number of sulfonamides is 1. The van der Waals surface area contributed by atoms with Crippen LogP contribution in [-0.4, -0.2) is 23.5 Å². The zero-order chi connectivity index (χ0) is 12.5. The van der Waals surface area contributed by atoms with Crippen LogP contribution in [0.2, 0.25) is 0 Å². The van der Waals surface area contributed by atoms with Crippen molar-refractivity contribution in [3.63, 3.8) is 0 Å². The highest BCUT2D eigenvalue weighted by atomic mass is 32.2. The number of hydrogen-bond donors (Lipinski definition) is 3. The van der Waals surface area contributed by atoms with E-state index in [1.165, 1.54) is 18.3 Å². The van der Waals surface area contributed by atoms with Crippen LogP contribution in [0.3, 0.4) is 0 Å². The van der Waals surface area contributed by atoms with Crippen molar-refractivity contribution in [3.05, 3.63) is 36.3 Å². The largest absolute Gasteiger partial charge is 0.506 e.